The van der Waals surface area contributed by atoms with Crippen LogP contribution in [0.2, 0.25) is 0 Å². The van der Waals surface area contributed by atoms with E-state index in [0.717, 1.165) is 0 Å². The van der Waals surface area contributed by atoms with Crippen molar-refractivity contribution in [3.8, 4) is 0 Å². The normalized spacial score (nSPS) is 22.8. The van der Waals surface area contributed by atoms with Crippen molar-refractivity contribution in [2.75, 3.05) is 11.1 Å². The van der Waals surface area contributed by atoms with E-state index >= 15 is 0 Å². The molecule has 1 unspecified atom stereocenters. The van der Waals surface area contributed by atoms with E-state index in [-0.39, 0.29) is 16.7 Å². The summed E-state index contributed by atoms with van der Waals surface area (Å²) >= 11 is 0. The van der Waals surface area contributed by atoms with E-state index in [1.807, 2.05) is 6.92 Å². The van der Waals surface area contributed by atoms with Crippen LogP contribution in [0, 0.1) is 12.8 Å². The lowest BCUT2D eigenvalue weighted by Gasteiger charge is -2.06. The zero-order valence-corrected chi connectivity index (χ0v) is 10.8. The molecule has 1 amide bonds. The van der Waals surface area contributed by atoms with Gasteiger partial charge in [-0.05, 0) is 13.8 Å². The minimum absolute atomic E-state index is 0.134. The Bertz CT molecular complexity index is 574. The fraction of sp³-hybridized carbons (Fsp3) is 0.600. The SMILES string of the molecule is CCn1nc(C)c2c1S(=O)(=O)CC(C)C(=O)N2. The molecule has 0 fully saturated rings. The molecule has 0 radical (unpaired) electrons. The third-order valence-corrected chi connectivity index (χ3v) is 4.78. The van der Waals surface area contributed by atoms with Crippen molar-refractivity contribution >= 4 is 21.4 Å². The maximum atomic E-state index is 12.2. The number of amides is 1. The molecule has 2 rings (SSSR count). The van der Waals surface area contributed by atoms with Crippen LogP contribution in [0.1, 0.15) is 19.5 Å². The minimum Gasteiger partial charge on any atom is -0.322 e. The molecule has 2 heterocycles. The number of fused-ring (bicyclic) bond motifs is 1. The van der Waals surface area contributed by atoms with Crippen molar-refractivity contribution in [1.82, 2.24) is 9.78 Å². The largest absolute Gasteiger partial charge is 0.322 e. The highest BCUT2D eigenvalue weighted by Gasteiger charge is 2.35. The van der Waals surface area contributed by atoms with Crippen LogP contribution in [0.5, 0.6) is 0 Å². The van der Waals surface area contributed by atoms with Gasteiger partial charge < -0.3 is 5.32 Å². The van der Waals surface area contributed by atoms with Crippen molar-refractivity contribution in [2.24, 2.45) is 5.92 Å². The van der Waals surface area contributed by atoms with Crippen molar-refractivity contribution in [3.05, 3.63) is 5.69 Å². The van der Waals surface area contributed by atoms with Gasteiger partial charge in [0, 0.05) is 12.5 Å². The average Bonchev–Trinajstić information content (AvgIpc) is 2.50. The number of nitrogens with one attached hydrogen (secondary N) is 1. The van der Waals surface area contributed by atoms with E-state index in [1.165, 1.54) is 4.68 Å². The Morgan fingerprint density at radius 1 is 1.53 bits per heavy atom. The van der Waals surface area contributed by atoms with E-state index in [9.17, 15) is 13.2 Å². The van der Waals surface area contributed by atoms with Crippen LogP contribution in [0.4, 0.5) is 5.69 Å². The molecule has 1 aliphatic rings. The first-order valence-corrected chi connectivity index (χ1v) is 7.13. The van der Waals surface area contributed by atoms with Crippen LogP contribution in [-0.2, 0) is 21.2 Å². The van der Waals surface area contributed by atoms with Gasteiger partial charge in [0.2, 0.25) is 5.91 Å². The van der Waals surface area contributed by atoms with Crippen LogP contribution in [-0.4, -0.2) is 29.9 Å². The van der Waals surface area contributed by atoms with Gasteiger partial charge in [-0.1, -0.05) is 6.92 Å². The molecule has 0 aliphatic carbocycles. The fourth-order valence-corrected chi connectivity index (χ4v) is 3.93. The molecular weight excluding hydrogens is 242 g/mol. The molecule has 0 spiro atoms. The number of hydrogen-bond donors (Lipinski definition) is 1. The number of rotatable bonds is 1. The maximum absolute atomic E-state index is 12.2. The second kappa shape index (κ2) is 3.83. The molecule has 1 aliphatic heterocycles. The summed E-state index contributed by atoms with van der Waals surface area (Å²) < 4.78 is 25.8. The quantitative estimate of drug-likeness (QED) is 0.797. The molecule has 7 heteroatoms. The van der Waals surface area contributed by atoms with Gasteiger partial charge in [-0.25, -0.2) is 8.42 Å². The highest BCUT2D eigenvalue weighted by Crippen LogP contribution is 2.30. The summed E-state index contributed by atoms with van der Waals surface area (Å²) in [5, 5.41) is 6.91. The predicted molar refractivity (Wildman–Crippen MR) is 62.5 cm³/mol. The first-order valence-electron chi connectivity index (χ1n) is 5.48. The molecule has 1 aromatic rings. The van der Waals surface area contributed by atoms with Gasteiger partial charge in [0.1, 0.15) is 5.69 Å². The third kappa shape index (κ3) is 1.84. The number of hydrogen-bond acceptors (Lipinski definition) is 4. The lowest BCUT2D eigenvalue weighted by atomic mass is 10.2. The minimum atomic E-state index is -3.47. The lowest BCUT2D eigenvalue weighted by molar-refractivity contribution is -0.118. The molecular formula is C10H15N3O3S. The van der Waals surface area contributed by atoms with Crippen LogP contribution in [0.15, 0.2) is 5.03 Å². The van der Waals surface area contributed by atoms with E-state index in [0.29, 0.717) is 17.9 Å². The van der Waals surface area contributed by atoms with E-state index in [1.54, 1.807) is 13.8 Å². The van der Waals surface area contributed by atoms with Gasteiger partial charge >= 0.3 is 0 Å². The molecule has 0 bridgehead atoms. The van der Waals surface area contributed by atoms with Gasteiger partial charge in [-0.2, -0.15) is 5.10 Å². The summed E-state index contributed by atoms with van der Waals surface area (Å²) in [5.74, 6) is -0.986. The smallest absolute Gasteiger partial charge is 0.228 e. The number of sulfone groups is 1. The van der Waals surface area contributed by atoms with Crippen molar-refractivity contribution in [2.45, 2.75) is 32.3 Å². The van der Waals surface area contributed by atoms with Crippen LogP contribution >= 0.6 is 0 Å². The van der Waals surface area contributed by atoms with Crippen molar-refractivity contribution < 1.29 is 13.2 Å². The summed E-state index contributed by atoms with van der Waals surface area (Å²) in [7, 11) is -3.47. The summed E-state index contributed by atoms with van der Waals surface area (Å²) in [6.45, 7) is 5.58. The Balaban J connectivity index is 2.71. The third-order valence-electron chi connectivity index (χ3n) is 2.84. The Labute approximate surface area is 99.9 Å². The molecule has 1 aromatic heterocycles. The maximum Gasteiger partial charge on any atom is 0.228 e. The van der Waals surface area contributed by atoms with Gasteiger partial charge in [0.25, 0.3) is 0 Å². The van der Waals surface area contributed by atoms with Crippen molar-refractivity contribution in [3.63, 3.8) is 0 Å². The number of aromatic nitrogens is 2. The van der Waals surface area contributed by atoms with Crippen LogP contribution < -0.4 is 5.32 Å². The summed E-state index contributed by atoms with van der Waals surface area (Å²) in [4.78, 5) is 11.7. The topological polar surface area (TPSA) is 81.1 Å². The fourth-order valence-electron chi connectivity index (χ4n) is 1.96. The number of anilines is 1. The molecule has 1 N–H and O–H groups in total. The number of carbonyl (C=O) groups excluding carboxylic acids is 1. The number of aryl methyl sites for hydroxylation is 2. The van der Waals surface area contributed by atoms with Gasteiger partial charge in [0.05, 0.1) is 11.4 Å². The lowest BCUT2D eigenvalue weighted by Crippen LogP contribution is -2.23. The predicted octanol–water partition coefficient (Wildman–Crippen LogP) is 0.573. The van der Waals surface area contributed by atoms with Crippen LogP contribution in [0.3, 0.4) is 0 Å². The second-order valence-electron chi connectivity index (χ2n) is 4.25. The zero-order chi connectivity index (χ0) is 12.8. The zero-order valence-electron chi connectivity index (χ0n) is 10.0. The Morgan fingerprint density at radius 3 is 2.76 bits per heavy atom. The van der Waals surface area contributed by atoms with E-state index < -0.39 is 15.8 Å². The Hall–Kier alpha value is -1.37. The highest BCUT2D eigenvalue weighted by atomic mass is 32.2. The van der Waals surface area contributed by atoms with Gasteiger partial charge in [0.15, 0.2) is 14.9 Å². The van der Waals surface area contributed by atoms with E-state index in [4.69, 9.17) is 0 Å². The van der Waals surface area contributed by atoms with E-state index in [2.05, 4.69) is 10.4 Å². The Kier molecular flexibility index (Phi) is 2.73. The van der Waals surface area contributed by atoms with Crippen LogP contribution in [0.25, 0.3) is 0 Å². The molecule has 1 atom stereocenters. The molecule has 94 valence electrons. The summed E-state index contributed by atoms with van der Waals surface area (Å²) in [5.41, 5.74) is 0.870. The standard InChI is InChI=1S/C10H15N3O3S/c1-4-13-10-8(7(3)12-13)11-9(14)6(2)5-17(10,15)16/h6H,4-5H2,1-3H3,(H,11,14). The highest BCUT2D eigenvalue weighted by molar-refractivity contribution is 7.91. The molecule has 17 heavy (non-hydrogen) atoms. The second-order valence-corrected chi connectivity index (χ2v) is 6.20. The molecule has 0 aromatic carbocycles. The van der Waals surface area contributed by atoms with Gasteiger partial charge in [-0.15, -0.1) is 0 Å². The molecule has 0 saturated heterocycles. The first kappa shape index (κ1) is 12.1. The monoisotopic (exact) mass is 257 g/mol. The Morgan fingerprint density at radius 2 is 2.18 bits per heavy atom. The van der Waals surface area contributed by atoms with Gasteiger partial charge in [-0.3, -0.25) is 9.48 Å². The number of nitrogens with zero attached hydrogens (tertiary/aromatic N) is 2. The first-order chi connectivity index (χ1) is 7.86. The summed E-state index contributed by atoms with van der Waals surface area (Å²) in [6, 6.07) is 0. The average molecular weight is 257 g/mol. The van der Waals surface area contributed by atoms with Crippen molar-refractivity contribution in [1.29, 1.82) is 0 Å². The molecule has 0 saturated carbocycles. The number of carbonyl (C=O) groups is 1. The summed E-state index contributed by atoms with van der Waals surface area (Å²) in [6.07, 6.45) is 0. The molecule has 6 nitrogen and oxygen atoms in total.